The Hall–Kier alpha value is -1.73. The second-order valence-electron chi connectivity index (χ2n) is 6.66. The van der Waals surface area contributed by atoms with Crippen molar-refractivity contribution in [3.63, 3.8) is 0 Å². The maximum absolute atomic E-state index is 12.1. The van der Waals surface area contributed by atoms with Crippen LogP contribution in [0.2, 0.25) is 0 Å². The zero-order valence-corrected chi connectivity index (χ0v) is 14.4. The first-order chi connectivity index (χ1) is 11.6. The van der Waals surface area contributed by atoms with Gasteiger partial charge in [-0.2, -0.15) is 0 Å². The van der Waals surface area contributed by atoms with E-state index < -0.39 is 6.09 Å². The maximum Gasteiger partial charge on any atom is 0.413 e. The molecule has 2 atom stereocenters. The number of carbonyl (C=O) groups excluding carboxylic acids is 1. The second-order valence-corrected chi connectivity index (χ2v) is 6.66. The van der Waals surface area contributed by atoms with Gasteiger partial charge in [-0.05, 0) is 32.3 Å². The summed E-state index contributed by atoms with van der Waals surface area (Å²) in [6.07, 6.45) is 4.20. The molecule has 0 aliphatic carbocycles. The van der Waals surface area contributed by atoms with Gasteiger partial charge in [-0.25, -0.2) is 14.8 Å². The minimum absolute atomic E-state index is 0. The van der Waals surface area contributed by atoms with Gasteiger partial charge in [0.2, 0.25) is 0 Å². The minimum atomic E-state index is -0.440. The van der Waals surface area contributed by atoms with Crippen LogP contribution in [0.5, 0.6) is 0 Å². The van der Waals surface area contributed by atoms with Crippen molar-refractivity contribution in [2.45, 2.75) is 45.3 Å². The third kappa shape index (κ3) is 4.42. The molecular formula is C17H28N4O3. The first-order valence-electron chi connectivity index (χ1n) is 8.71. The summed E-state index contributed by atoms with van der Waals surface area (Å²) in [7, 11) is 0. The molecule has 134 valence electrons. The molecule has 2 aliphatic heterocycles. The number of aryl methyl sites for hydroxylation is 1. The third-order valence-electron chi connectivity index (χ3n) is 4.83. The van der Waals surface area contributed by atoms with E-state index in [0.29, 0.717) is 23.6 Å². The minimum Gasteiger partial charge on any atom is -0.446 e. The van der Waals surface area contributed by atoms with Crippen LogP contribution in [0, 0.1) is 12.8 Å². The number of carbonyl (C=O) groups is 1. The number of hydrogen-bond donors (Lipinski definition) is 1. The molecule has 3 rings (SSSR count). The lowest BCUT2D eigenvalue weighted by atomic mass is 9.93. The molecule has 7 nitrogen and oxygen atoms in total. The molecule has 0 unspecified atom stereocenters. The molecule has 1 aromatic rings. The van der Waals surface area contributed by atoms with Crippen LogP contribution < -0.4 is 5.32 Å². The fourth-order valence-corrected chi connectivity index (χ4v) is 3.51. The molecule has 1 aromatic heterocycles. The highest BCUT2D eigenvalue weighted by Gasteiger charge is 2.32. The van der Waals surface area contributed by atoms with Gasteiger partial charge in [0, 0.05) is 45.9 Å². The molecule has 2 aliphatic rings. The summed E-state index contributed by atoms with van der Waals surface area (Å²) < 4.78 is 11.1. The molecule has 2 saturated heterocycles. The van der Waals surface area contributed by atoms with Gasteiger partial charge in [0.1, 0.15) is 17.7 Å². The Morgan fingerprint density at radius 3 is 2.92 bits per heavy atom. The van der Waals surface area contributed by atoms with E-state index in [1.54, 1.807) is 19.2 Å². The van der Waals surface area contributed by atoms with Crippen molar-refractivity contribution in [2.75, 3.05) is 31.6 Å². The van der Waals surface area contributed by atoms with Crippen LogP contribution in [0.25, 0.3) is 0 Å². The molecule has 3 heterocycles. The Bertz CT molecular complexity index is 569. The highest BCUT2D eigenvalue weighted by Crippen LogP contribution is 2.25. The Balaban J connectivity index is 0.00000225. The summed E-state index contributed by atoms with van der Waals surface area (Å²) in [6, 6.07) is 2.27. The van der Waals surface area contributed by atoms with Gasteiger partial charge >= 0.3 is 6.09 Å². The molecule has 0 radical (unpaired) electrons. The molecule has 24 heavy (non-hydrogen) atoms. The largest absolute Gasteiger partial charge is 0.446 e. The van der Waals surface area contributed by atoms with Crippen molar-refractivity contribution >= 4 is 11.9 Å². The predicted molar refractivity (Wildman–Crippen MR) is 92.0 cm³/mol. The smallest absolute Gasteiger partial charge is 0.413 e. The normalized spacial score (nSPS) is 26.1. The van der Waals surface area contributed by atoms with Gasteiger partial charge in [0.15, 0.2) is 0 Å². The number of ether oxygens (including phenoxy) is 2. The SMILES string of the molecule is Cc1nccc(NC(=O)O[C@@H]2CCN(C3CCOCC3)C[C@@H]2C)n1.[HH]. The molecule has 7 heteroatoms. The summed E-state index contributed by atoms with van der Waals surface area (Å²) >= 11 is 0. The summed E-state index contributed by atoms with van der Waals surface area (Å²) in [6.45, 7) is 7.59. The van der Waals surface area contributed by atoms with Gasteiger partial charge in [-0.1, -0.05) is 6.92 Å². The summed E-state index contributed by atoms with van der Waals surface area (Å²) in [5.74, 6) is 1.41. The van der Waals surface area contributed by atoms with Crippen molar-refractivity contribution in [1.82, 2.24) is 14.9 Å². The van der Waals surface area contributed by atoms with Crippen molar-refractivity contribution in [1.29, 1.82) is 0 Å². The highest BCUT2D eigenvalue weighted by molar-refractivity contribution is 5.83. The lowest BCUT2D eigenvalue weighted by Crippen LogP contribution is -2.49. The van der Waals surface area contributed by atoms with Crippen LogP contribution in [-0.4, -0.2) is 59.4 Å². The quantitative estimate of drug-likeness (QED) is 0.914. The molecular weight excluding hydrogens is 308 g/mol. The molecule has 1 N–H and O–H groups in total. The van der Waals surface area contributed by atoms with Gasteiger partial charge in [-0.3, -0.25) is 10.2 Å². The van der Waals surface area contributed by atoms with Crippen LogP contribution in [0.3, 0.4) is 0 Å². The number of rotatable bonds is 3. The summed E-state index contributed by atoms with van der Waals surface area (Å²) in [5, 5.41) is 2.68. The van der Waals surface area contributed by atoms with Gasteiger partial charge in [0.05, 0.1) is 0 Å². The van der Waals surface area contributed by atoms with Gasteiger partial charge < -0.3 is 9.47 Å². The Labute approximate surface area is 144 Å². The number of likely N-dealkylation sites (tertiary alicyclic amines) is 1. The third-order valence-corrected chi connectivity index (χ3v) is 4.83. The van der Waals surface area contributed by atoms with E-state index in [9.17, 15) is 4.79 Å². The topological polar surface area (TPSA) is 76.6 Å². The van der Waals surface area contributed by atoms with E-state index in [2.05, 4.69) is 27.1 Å². The maximum atomic E-state index is 12.1. The van der Waals surface area contributed by atoms with Crippen LogP contribution >= 0.6 is 0 Å². The molecule has 2 fully saturated rings. The second kappa shape index (κ2) is 7.90. The molecule has 0 aromatic carbocycles. The summed E-state index contributed by atoms with van der Waals surface area (Å²) in [5.41, 5.74) is 0. The Morgan fingerprint density at radius 2 is 2.21 bits per heavy atom. The number of hydrogen-bond acceptors (Lipinski definition) is 6. The predicted octanol–water partition coefficient (Wildman–Crippen LogP) is 2.47. The van der Waals surface area contributed by atoms with E-state index in [0.717, 1.165) is 45.6 Å². The van der Waals surface area contributed by atoms with E-state index >= 15 is 0 Å². The van der Waals surface area contributed by atoms with Crippen LogP contribution in [0.4, 0.5) is 10.6 Å². The average Bonchev–Trinajstić information content (AvgIpc) is 2.57. The fraction of sp³-hybridized carbons (Fsp3) is 0.706. The van der Waals surface area contributed by atoms with Crippen LogP contribution in [0.15, 0.2) is 12.3 Å². The average molecular weight is 336 g/mol. The zero-order chi connectivity index (χ0) is 16.9. The first kappa shape index (κ1) is 17.1. The van der Waals surface area contributed by atoms with Crippen molar-refractivity contribution in [2.24, 2.45) is 5.92 Å². The van der Waals surface area contributed by atoms with Crippen LogP contribution in [-0.2, 0) is 9.47 Å². The molecule has 0 bridgehead atoms. The number of nitrogens with one attached hydrogen (secondary N) is 1. The van der Waals surface area contributed by atoms with E-state index in [1.165, 1.54) is 0 Å². The summed E-state index contributed by atoms with van der Waals surface area (Å²) in [4.78, 5) is 22.8. The highest BCUT2D eigenvalue weighted by atomic mass is 16.6. The molecule has 0 saturated carbocycles. The fourth-order valence-electron chi connectivity index (χ4n) is 3.51. The van der Waals surface area contributed by atoms with Gasteiger partial charge in [0.25, 0.3) is 0 Å². The van der Waals surface area contributed by atoms with Crippen LogP contribution in [0.1, 0.15) is 33.4 Å². The Morgan fingerprint density at radius 1 is 1.42 bits per heavy atom. The van der Waals surface area contributed by atoms with Crippen molar-refractivity contribution < 1.29 is 15.7 Å². The van der Waals surface area contributed by atoms with E-state index in [4.69, 9.17) is 9.47 Å². The number of anilines is 1. The lowest BCUT2D eigenvalue weighted by molar-refractivity contribution is -0.0212. The number of nitrogens with zero attached hydrogens (tertiary/aromatic N) is 3. The lowest BCUT2D eigenvalue weighted by Gasteiger charge is -2.41. The monoisotopic (exact) mass is 336 g/mol. The van der Waals surface area contributed by atoms with E-state index in [-0.39, 0.29) is 7.53 Å². The Kier molecular flexibility index (Phi) is 5.63. The van der Waals surface area contributed by atoms with E-state index in [1.807, 2.05) is 0 Å². The zero-order valence-electron chi connectivity index (χ0n) is 14.4. The number of amides is 1. The van der Waals surface area contributed by atoms with Gasteiger partial charge in [-0.15, -0.1) is 0 Å². The number of aromatic nitrogens is 2. The standard InChI is InChI=1S/C17H26N4O3.H2/c1-12-11-21(14-5-9-23-10-6-14)8-4-15(12)24-17(22)20-16-3-7-18-13(2)19-16;/h3,7,12,14-15H,4-6,8-11H2,1-2H3,(H,18,19,20,22);1H/t12-,15+;/m0./s1. The number of piperidine rings is 1. The molecule has 0 spiro atoms. The van der Waals surface area contributed by atoms with Crippen molar-refractivity contribution in [3.8, 4) is 0 Å². The first-order valence-corrected chi connectivity index (χ1v) is 8.71. The molecule has 1 amide bonds. The van der Waals surface area contributed by atoms with Crippen molar-refractivity contribution in [3.05, 3.63) is 18.1 Å².